The molecule has 7 heteroatoms. The van der Waals surface area contributed by atoms with Gasteiger partial charge in [-0.1, -0.05) is 24.3 Å². The van der Waals surface area contributed by atoms with E-state index in [0.29, 0.717) is 5.75 Å². The molecule has 2 aromatic carbocycles. The molecule has 1 unspecified atom stereocenters. The predicted molar refractivity (Wildman–Crippen MR) is 123 cm³/mol. The summed E-state index contributed by atoms with van der Waals surface area (Å²) in [6.45, 7) is 4.14. The van der Waals surface area contributed by atoms with E-state index in [9.17, 15) is 5.11 Å². The molecule has 0 radical (unpaired) electrons. The third kappa shape index (κ3) is 5.16. The first-order chi connectivity index (χ1) is 14.5. The van der Waals surface area contributed by atoms with Crippen LogP contribution in [0.15, 0.2) is 53.5 Å². The standard InChI is InChI=1S/C23H33N5O2/c1-24-23(25-17-21(26(2)3)18-9-11-19(30-4)12-10-18)28-15-13-27(14-16-28)20-7-5-6-8-22(20)29/h5-12,21,29H,13-17H2,1-4H3,(H,24,25). The second-order valence-corrected chi connectivity index (χ2v) is 7.64. The molecule has 3 rings (SSSR count). The zero-order valence-corrected chi connectivity index (χ0v) is 18.4. The summed E-state index contributed by atoms with van der Waals surface area (Å²) >= 11 is 0. The average Bonchev–Trinajstić information content (AvgIpc) is 2.77. The maximum atomic E-state index is 10.1. The molecule has 0 aromatic heterocycles. The molecule has 0 amide bonds. The Balaban J connectivity index is 1.59. The molecule has 0 saturated carbocycles. The zero-order chi connectivity index (χ0) is 21.5. The van der Waals surface area contributed by atoms with Gasteiger partial charge in [-0.15, -0.1) is 0 Å². The molecule has 1 atom stereocenters. The molecule has 7 nitrogen and oxygen atoms in total. The van der Waals surface area contributed by atoms with Crippen molar-refractivity contribution in [3.8, 4) is 11.5 Å². The summed E-state index contributed by atoms with van der Waals surface area (Å²) in [6.07, 6.45) is 0. The molecular formula is C23H33N5O2. The molecule has 1 aliphatic rings. The summed E-state index contributed by atoms with van der Waals surface area (Å²) in [5.41, 5.74) is 2.13. The van der Waals surface area contributed by atoms with Crippen LogP contribution < -0.4 is 15.0 Å². The quantitative estimate of drug-likeness (QED) is 0.562. The van der Waals surface area contributed by atoms with E-state index in [-0.39, 0.29) is 6.04 Å². The minimum Gasteiger partial charge on any atom is -0.506 e. The Bertz CT molecular complexity index is 830. The van der Waals surface area contributed by atoms with Crippen molar-refractivity contribution in [2.45, 2.75) is 6.04 Å². The first-order valence-electron chi connectivity index (χ1n) is 10.3. The lowest BCUT2D eigenvalue weighted by atomic mass is 10.1. The van der Waals surface area contributed by atoms with Crippen molar-refractivity contribution < 1.29 is 9.84 Å². The van der Waals surface area contributed by atoms with Gasteiger partial charge in [-0.25, -0.2) is 0 Å². The number of nitrogens with one attached hydrogen (secondary N) is 1. The van der Waals surface area contributed by atoms with E-state index in [1.807, 2.05) is 37.4 Å². The maximum absolute atomic E-state index is 10.1. The van der Waals surface area contributed by atoms with Crippen LogP contribution in [-0.2, 0) is 0 Å². The van der Waals surface area contributed by atoms with Gasteiger partial charge in [0.15, 0.2) is 5.96 Å². The fourth-order valence-corrected chi connectivity index (χ4v) is 3.84. The SMILES string of the molecule is CN=C(NCC(c1ccc(OC)cc1)N(C)C)N1CCN(c2ccccc2O)CC1. The van der Waals surface area contributed by atoms with Gasteiger partial charge in [0.25, 0.3) is 0 Å². The van der Waals surface area contributed by atoms with Crippen molar-refractivity contribution in [3.05, 3.63) is 54.1 Å². The van der Waals surface area contributed by atoms with Crippen molar-refractivity contribution in [2.24, 2.45) is 4.99 Å². The van der Waals surface area contributed by atoms with Gasteiger partial charge in [0.2, 0.25) is 0 Å². The van der Waals surface area contributed by atoms with Crippen LogP contribution in [0.5, 0.6) is 11.5 Å². The minimum absolute atomic E-state index is 0.218. The van der Waals surface area contributed by atoms with Crippen LogP contribution in [0.1, 0.15) is 11.6 Å². The number of phenolic OH excluding ortho intramolecular Hbond substituents is 1. The van der Waals surface area contributed by atoms with Crippen LogP contribution in [0, 0.1) is 0 Å². The number of para-hydroxylation sites is 2. The first kappa shape index (κ1) is 21.8. The molecule has 0 spiro atoms. The van der Waals surface area contributed by atoms with Gasteiger partial charge >= 0.3 is 0 Å². The summed E-state index contributed by atoms with van der Waals surface area (Å²) in [5.74, 6) is 2.11. The molecule has 0 aliphatic carbocycles. The van der Waals surface area contributed by atoms with Crippen LogP contribution in [-0.4, -0.2) is 81.8 Å². The van der Waals surface area contributed by atoms with E-state index in [4.69, 9.17) is 4.74 Å². The van der Waals surface area contributed by atoms with Gasteiger partial charge < -0.3 is 29.9 Å². The van der Waals surface area contributed by atoms with Crippen LogP contribution in [0.4, 0.5) is 5.69 Å². The fourth-order valence-electron chi connectivity index (χ4n) is 3.84. The van der Waals surface area contributed by atoms with Gasteiger partial charge in [-0.3, -0.25) is 4.99 Å². The number of piperazine rings is 1. The Labute approximate surface area is 179 Å². The molecule has 2 aromatic rings. The Hall–Kier alpha value is -2.93. The van der Waals surface area contributed by atoms with Gasteiger partial charge in [-0.05, 0) is 43.9 Å². The van der Waals surface area contributed by atoms with Crippen molar-refractivity contribution >= 4 is 11.6 Å². The largest absolute Gasteiger partial charge is 0.506 e. The highest BCUT2D eigenvalue weighted by atomic mass is 16.5. The third-order valence-electron chi connectivity index (χ3n) is 5.59. The first-order valence-corrected chi connectivity index (χ1v) is 10.3. The van der Waals surface area contributed by atoms with Crippen LogP contribution in [0.3, 0.4) is 0 Å². The topological polar surface area (TPSA) is 63.6 Å². The van der Waals surface area contributed by atoms with Gasteiger partial charge in [0.05, 0.1) is 18.8 Å². The number of likely N-dealkylation sites (N-methyl/N-ethyl adjacent to an activating group) is 1. The van der Waals surface area contributed by atoms with Gasteiger partial charge in [0, 0.05) is 39.8 Å². The van der Waals surface area contributed by atoms with E-state index >= 15 is 0 Å². The predicted octanol–water partition coefficient (Wildman–Crippen LogP) is 2.40. The Morgan fingerprint density at radius 3 is 2.33 bits per heavy atom. The summed E-state index contributed by atoms with van der Waals surface area (Å²) in [4.78, 5) is 11.2. The molecule has 1 heterocycles. The normalized spacial score (nSPS) is 16.0. The number of guanidine groups is 1. The van der Waals surface area contributed by atoms with E-state index in [0.717, 1.165) is 50.1 Å². The Morgan fingerprint density at radius 1 is 1.10 bits per heavy atom. The lowest BCUT2D eigenvalue weighted by Crippen LogP contribution is -2.53. The lowest BCUT2D eigenvalue weighted by molar-refractivity contribution is 0.292. The number of hydrogen-bond donors (Lipinski definition) is 2. The highest BCUT2D eigenvalue weighted by Gasteiger charge is 2.22. The number of ether oxygens (including phenoxy) is 1. The molecule has 1 saturated heterocycles. The second-order valence-electron chi connectivity index (χ2n) is 7.64. The van der Waals surface area contributed by atoms with Crippen LogP contribution in [0.2, 0.25) is 0 Å². The summed E-state index contributed by atoms with van der Waals surface area (Å²) in [7, 11) is 7.69. The monoisotopic (exact) mass is 411 g/mol. The number of aromatic hydroxyl groups is 1. The number of anilines is 1. The highest BCUT2D eigenvalue weighted by Crippen LogP contribution is 2.27. The zero-order valence-electron chi connectivity index (χ0n) is 18.4. The molecular weight excluding hydrogens is 378 g/mol. The molecule has 2 N–H and O–H groups in total. The van der Waals surface area contributed by atoms with Gasteiger partial charge in [-0.2, -0.15) is 0 Å². The summed E-state index contributed by atoms with van der Waals surface area (Å²) < 4.78 is 5.28. The van der Waals surface area contributed by atoms with E-state index in [2.05, 4.69) is 51.2 Å². The molecule has 0 bridgehead atoms. The summed E-state index contributed by atoms with van der Waals surface area (Å²) in [5, 5.41) is 13.7. The van der Waals surface area contributed by atoms with E-state index in [1.165, 1.54) is 5.56 Å². The van der Waals surface area contributed by atoms with Gasteiger partial charge in [0.1, 0.15) is 11.5 Å². The second kappa shape index (κ2) is 10.2. The van der Waals surface area contributed by atoms with Crippen LogP contribution in [0.25, 0.3) is 0 Å². The van der Waals surface area contributed by atoms with E-state index < -0.39 is 0 Å². The minimum atomic E-state index is 0.218. The van der Waals surface area contributed by atoms with E-state index in [1.54, 1.807) is 13.2 Å². The lowest BCUT2D eigenvalue weighted by Gasteiger charge is -2.38. The van der Waals surface area contributed by atoms with Crippen molar-refractivity contribution in [1.82, 2.24) is 15.1 Å². The maximum Gasteiger partial charge on any atom is 0.193 e. The third-order valence-corrected chi connectivity index (χ3v) is 5.59. The number of nitrogens with zero attached hydrogens (tertiary/aromatic N) is 4. The molecule has 162 valence electrons. The molecule has 1 fully saturated rings. The van der Waals surface area contributed by atoms with Crippen LogP contribution >= 0.6 is 0 Å². The van der Waals surface area contributed by atoms with Crippen molar-refractivity contribution in [1.29, 1.82) is 0 Å². The molecule has 30 heavy (non-hydrogen) atoms. The summed E-state index contributed by atoms with van der Waals surface area (Å²) in [6, 6.07) is 16.0. The highest BCUT2D eigenvalue weighted by molar-refractivity contribution is 5.80. The van der Waals surface area contributed by atoms with Crippen molar-refractivity contribution in [3.63, 3.8) is 0 Å². The van der Waals surface area contributed by atoms with Crippen molar-refractivity contribution in [2.75, 3.05) is 65.9 Å². The number of methoxy groups -OCH3 is 1. The Morgan fingerprint density at radius 2 is 1.77 bits per heavy atom. The Kier molecular flexibility index (Phi) is 7.41. The number of aliphatic imine (C=N–C) groups is 1. The fraction of sp³-hybridized carbons (Fsp3) is 0.435. The number of rotatable bonds is 6. The molecule has 1 aliphatic heterocycles. The smallest absolute Gasteiger partial charge is 0.193 e. The number of hydrogen-bond acceptors (Lipinski definition) is 5. The number of benzene rings is 2. The number of phenols is 1. The average molecular weight is 412 g/mol.